The molecule has 0 atom stereocenters. The molecule has 0 aliphatic rings. The smallest absolute Gasteiger partial charge is 0.350 e. The van der Waals surface area contributed by atoms with Crippen LogP contribution in [0.1, 0.15) is 14.5 Å². The Morgan fingerprint density at radius 2 is 2.15 bits per heavy atom. The Kier molecular flexibility index (Phi) is 5.11. The summed E-state index contributed by atoms with van der Waals surface area (Å²) in [6.45, 7) is 0. The van der Waals surface area contributed by atoms with Gasteiger partial charge in [-0.25, -0.2) is 4.79 Å². The molecular weight excluding hydrogens is 362 g/mol. The minimum absolute atomic E-state index is 0.293. The number of halogens is 1. The molecule has 4 nitrogen and oxygen atoms in total. The zero-order valence-corrected chi connectivity index (χ0v) is 13.6. The Balaban J connectivity index is 2.03. The van der Waals surface area contributed by atoms with E-state index in [1.807, 2.05) is 12.1 Å². The van der Waals surface area contributed by atoms with Crippen molar-refractivity contribution >= 4 is 62.2 Å². The van der Waals surface area contributed by atoms with Gasteiger partial charge in [-0.15, -0.1) is 22.7 Å². The highest BCUT2D eigenvalue weighted by Gasteiger charge is 2.14. The second kappa shape index (κ2) is 6.83. The average molecular weight is 372 g/mol. The van der Waals surface area contributed by atoms with Crippen molar-refractivity contribution in [3.05, 3.63) is 43.2 Å². The van der Waals surface area contributed by atoms with Gasteiger partial charge in [-0.05, 0) is 45.6 Å². The fourth-order valence-electron chi connectivity index (χ4n) is 1.41. The lowest BCUT2D eigenvalue weighted by atomic mass is 10.3. The van der Waals surface area contributed by atoms with E-state index in [0.717, 1.165) is 8.66 Å². The first kappa shape index (κ1) is 15.0. The van der Waals surface area contributed by atoms with Crippen LogP contribution < -0.4 is 5.32 Å². The molecule has 0 fully saturated rings. The van der Waals surface area contributed by atoms with E-state index in [0.29, 0.717) is 10.6 Å². The summed E-state index contributed by atoms with van der Waals surface area (Å²) < 4.78 is 5.65. The quantitative estimate of drug-likeness (QED) is 0.652. The topological polar surface area (TPSA) is 55.4 Å². The van der Waals surface area contributed by atoms with Gasteiger partial charge in [-0.3, -0.25) is 4.79 Å². The van der Waals surface area contributed by atoms with Gasteiger partial charge in [0, 0.05) is 11.0 Å². The SMILES string of the molecule is COC(=O)c1sccc1NC(=O)/C=C/c1ccc(Br)s1. The van der Waals surface area contributed by atoms with Crippen LogP contribution in [0.25, 0.3) is 6.08 Å². The molecule has 0 saturated carbocycles. The van der Waals surface area contributed by atoms with Crippen LogP contribution in [-0.4, -0.2) is 19.0 Å². The lowest BCUT2D eigenvalue weighted by molar-refractivity contribution is -0.111. The van der Waals surface area contributed by atoms with Crippen molar-refractivity contribution in [3.63, 3.8) is 0 Å². The van der Waals surface area contributed by atoms with Crippen molar-refractivity contribution in [2.45, 2.75) is 0 Å². The van der Waals surface area contributed by atoms with Gasteiger partial charge in [0.05, 0.1) is 16.6 Å². The second-order valence-electron chi connectivity index (χ2n) is 3.62. The molecule has 20 heavy (non-hydrogen) atoms. The van der Waals surface area contributed by atoms with E-state index in [9.17, 15) is 9.59 Å². The van der Waals surface area contributed by atoms with E-state index < -0.39 is 5.97 Å². The Labute approximate surface area is 132 Å². The summed E-state index contributed by atoms with van der Waals surface area (Å²) in [6, 6.07) is 5.49. The van der Waals surface area contributed by atoms with Gasteiger partial charge in [-0.2, -0.15) is 0 Å². The summed E-state index contributed by atoms with van der Waals surface area (Å²) in [6.07, 6.45) is 3.14. The fourth-order valence-corrected chi connectivity index (χ4v) is 3.50. The van der Waals surface area contributed by atoms with Gasteiger partial charge in [0.15, 0.2) is 0 Å². The van der Waals surface area contributed by atoms with Gasteiger partial charge in [0.25, 0.3) is 0 Å². The highest BCUT2D eigenvalue weighted by atomic mass is 79.9. The Bertz CT molecular complexity index is 660. The molecule has 0 spiro atoms. The maximum absolute atomic E-state index is 11.8. The highest BCUT2D eigenvalue weighted by Crippen LogP contribution is 2.24. The van der Waals surface area contributed by atoms with Crippen LogP contribution in [0.15, 0.2) is 33.4 Å². The van der Waals surface area contributed by atoms with Gasteiger partial charge in [0.1, 0.15) is 4.88 Å². The summed E-state index contributed by atoms with van der Waals surface area (Å²) in [5, 5.41) is 4.38. The van der Waals surface area contributed by atoms with Crippen LogP contribution in [0.4, 0.5) is 5.69 Å². The third-order valence-electron chi connectivity index (χ3n) is 2.29. The molecule has 2 aromatic rings. The predicted molar refractivity (Wildman–Crippen MR) is 85.3 cm³/mol. The molecule has 2 heterocycles. The minimum Gasteiger partial charge on any atom is -0.465 e. The maximum atomic E-state index is 11.8. The normalized spacial score (nSPS) is 10.7. The zero-order valence-electron chi connectivity index (χ0n) is 10.4. The molecule has 1 amide bonds. The van der Waals surface area contributed by atoms with Crippen LogP contribution in [-0.2, 0) is 9.53 Å². The van der Waals surface area contributed by atoms with E-state index in [1.165, 1.54) is 35.9 Å². The number of hydrogen-bond donors (Lipinski definition) is 1. The lowest BCUT2D eigenvalue weighted by Crippen LogP contribution is -2.10. The summed E-state index contributed by atoms with van der Waals surface area (Å²) in [7, 11) is 1.31. The number of hydrogen-bond acceptors (Lipinski definition) is 5. The van der Waals surface area contributed by atoms with Crippen molar-refractivity contribution < 1.29 is 14.3 Å². The number of amides is 1. The van der Waals surface area contributed by atoms with Crippen molar-refractivity contribution in [2.75, 3.05) is 12.4 Å². The molecule has 104 valence electrons. The van der Waals surface area contributed by atoms with Crippen molar-refractivity contribution in [1.29, 1.82) is 0 Å². The van der Waals surface area contributed by atoms with E-state index >= 15 is 0 Å². The Hall–Kier alpha value is -1.44. The number of nitrogens with one attached hydrogen (secondary N) is 1. The number of methoxy groups -OCH3 is 1. The van der Waals surface area contributed by atoms with Gasteiger partial charge >= 0.3 is 5.97 Å². The maximum Gasteiger partial charge on any atom is 0.350 e. The van der Waals surface area contributed by atoms with Crippen molar-refractivity contribution in [2.24, 2.45) is 0 Å². The first-order valence-corrected chi connectivity index (χ1v) is 7.99. The molecule has 0 saturated heterocycles. The Morgan fingerprint density at radius 1 is 1.35 bits per heavy atom. The third-order valence-corrected chi connectivity index (χ3v) is 4.77. The van der Waals surface area contributed by atoms with E-state index in [2.05, 4.69) is 26.0 Å². The van der Waals surface area contributed by atoms with Crippen LogP contribution in [0, 0.1) is 0 Å². The van der Waals surface area contributed by atoms with E-state index in [4.69, 9.17) is 0 Å². The van der Waals surface area contributed by atoms with Gasteiger partial charge in [-0.1, -0.05) is 0 Å². The van der Waals surface area contributed by atoms with E-state index in [-0.39, 0.29) is 5.91 Å². The number of carbonyl (C=O) groups is 2. The number of anilines is 1. The molecule has 0 aromatic carbocycles. The Morgan fingerprint density at radius 3 is 2.80 bits per heavy atom. The molecule has 0 radical (unpaired) electrons. The lowest BCUT2D eigenvalue weighted by Gasteiger charge is -2.02. The average Bonchev–Trinajstić information content (AvgIpc) is 3.04. The summed E-state index contributed by atoms with van der Waals surface area (Å²) in [5.74, 6) is -0.750. The fraction of sp³-hybridized carbons (Fsp3) is 0.0769. The van der Waals surface area contributed by atoms with Crippen LogP contribution in [0.3, 0.4) is 0 Å². The number of esters is 1. The number of thiophene rings is 2. The van der Waals surface area contributed by atoms with Crippen LogP contribution in [0.2, 0.25) is 0 Å². The first-order valence-electron chi connectivity index (χ1n) is 5.50. The molecule has 2 aromatic heterocycles. The second-order valence-corrected chi connectivity index (χ2v) is 7.03. The predicted octanol–water partition coefficient (Wildman–Crippen LogP) is 4.01. The summed E-state index contributed by atoms with van der Waals surface area (Å²) in [4.78, 5) is 24.6. The number of carbonyl (C=O) groups excluding carboxylic acids is 2. The molecule has 0 bridgehead atoms. The number of rotatable bonds is 4. The third kappa shape index (κ3) is 3.78. The van der Waals surface area contributed by atoms with Gasteiger partial charge < -0.3 is 10.1 Å². The van der Waals surface area contributed by atoms with E-state index in [1.54, 1.807) is 17.5 Å². The first-order chi connectivity index (χ1) is 9.60. The molecule has 0 aliphatic heterocycles. The zero-order chi connectivity index (χ0) is 14.5. The van der Waals surface area contributed by atoms with Crippen LogP contribution in [0.5, 0.6) is 0 Å². The molecular formula is C13H10BrNO3S2. The molecule has 0 aliphatic carbocycles. The highest BCUT2D eigenvalue weighted by molar-refractivity contribution is 9.11. The van der Waals surface area contributed by atoms with Gasteiger partial charge in [0.2, 0.25) is 5.91 Å². The number of ether oxygens (including phenoxy) is 1. The largest absolute Gasteiger partial charge is 0.465 e. The summed E-state index contributed by atoms with van der Waals surface area (Å²) in [5.41, 5.74) is 0.462. The molecule has 7 heteroatoms. The monoisotopic (exact) mass is 371 g/mol. The molecule has 0 unspecified atom stereocenters. The standard InChI is InChI=1S/C13H10BrNO3S2/c1-18-13(17)12-9(6-7-19-12)15-11(16)5-3-8-2-4-10(14)20-8/h2-7H,1H3,(H,15,16)/b5-3+. The van der Waals surface area contributed by atoms with Crippen molar-refractivity contribution in [1.82, 2.24) is 0 Å². The minimum atomic E-state index is -0.457. The molecule has 2 rings (SSSR count). The summed E-state index contributed by atoms with van der Waals surface area (Å²) >= 11 is 6.11. The van der Waals surface area contributed by atoms with Crippen LogP contribution >= 0.6 is 38.6 Å². The molecule has 1 N–H and O–H groups in total. The van der Waals surface area contributed by atoms with Crippen molar-refractivity contribution in [3.8, 4) is 0 Å².